The molecule has 0 aliphatic carbocycles. The number of guanidine groups is 1. The first-order chi connectivity index (χ1) is 12.0. The molecule has 25 heavy (non-hydrogen) atoms. The summed E-state index contributed by atoms with van der Waals surface area (Å²) < 4.78 is 0. The predicted octanol–water partition coefficient (Wildman–Crippen LogP) is 3.59. The second-order valence-electron chi connectivity index (χ2n) is 7.84. The number of nitrogens with one attached hydrogen (secondary N) is 2. The number of nitrogens with zero attached hydrogens (tertiary/aromatic N) is 2. The molecule has 0 saturated carbocycles. The molecule has 0 bridgehead atoms. The predicted molar refractivity (Wildman–Crippen MR) is 108 cm³/mol. The van der Waals surface area contributed by atoms with Crippen molar-refractivity contribution >= 4 is 5.96 Å². The van der Waals surface area contributed by atoms with Crippen LogP contribution in [0.4, 0.5) is 0 Å². The lowest BCUT2D eigenvalue weighted by Crippen LogP contribution is -2.45. The van der Waals surface area contributed by atoms with Crippen LogP contribution in [0.1, 0.15) is 50.8 Å². The minimum absolute atomic E-state index is 0.246. The van der Waals surface area contributed by atoms with Crippen molar-refractivity contribution in [3.63, 3.8) is 0 Å². The van der Waals surface area contributed by atoms with E-state index in [1.54, 1.807) is 0 Å². The van der Waals surface area contributed by atoms with E-state index < -0.39 is 0 Å². The third-order valence-corrected chi connectivity index (χ3v) is 5.02. The molecular weight excluding hydrogens is 308 g/mol. The smallest absolute Gasteiger partial charge is 0.191 e. The van der Waals surface area contributed by atoms with E-state index in [1.807, 2.05) is 7.05 Å². The van der Waals surface area contributed by atoms with Crippen LogP contribution in [-0.2, 0) is 0 Å². The Hall–Kier alpha value is -1.55. The van der Waals surface area contributed by atoms with Crippen LogP contribution in [0.25, 0.3) is 0 Å². The lowest BCUT2D eigenvalue weighted by atomic mass is 9.97. The summed E-state index contributed by atoms with van der Waals surface area (Å²) in [5.41, 5.74) is 2.64. The third kappa shape index (κ3) is 6.35. The Morgan fingerprint density at radius 1 is 1.28 bits per heavy atom. The zero-order valence-electron chi connectivity index (χ0n) is 16.7. The lowest BCUT2D eigenvalue weighted by Gasteiger charge is -2.34. The summed E-state index contributed by atoms with van der Waals surface area (Å²) in [6, 6.07) is 8.78. The van der Waals surface area contributed by atoms with Gasteiger partial charge in [-0.3, -0.25) is 4.99 Å². The number of likely N-dealkylation sites (tertiary alicyclic amines) is 1. The van der Waals surface area contributed by atoms with Gasteiger partial charge in [-0.25, -0.2) is 0 Å². The fourth-order valence-corrected chi connectivity index (χ4v) is 3.79. The van der Waals surface area contributed by atoms with Crippen molar-refractivity contribution in [3.8, 4) is 0 Å². The first-order valence-corrected chi connectivity index (χ1v) is 9.74. The standard InChI is InChI=1S/C21H36N4/c1-16(2)14-25-12-8-10-19(15-25)13-23-21(22-5)24-18(4)20-11-7-6-9-17(20)3/h6-7,9,11,16,18-19H,8,10,12-15H2,1-5H3,(H2,22,23,24). The van der Waals surface area contributed by atoms with Crippen molar-refractivity contribution in [2.45, 2.75) is 46.6 Å². The number of rotatable bonds is 6. The molecule has 1 saturated heterocycles. The Bertz CT molecular complexity index is 553. The van der Waals surface area contributed by atoms with Gasteiger partial charge in [-0.2, -0.15) is 0 Å². The van der Waals surface area contributed by atoms with Crippen molar-refractivity contribution in [2.75, 3.05) is 33.2 Å². The summed E-state index contributed by atoms with van der Waals surface area (Å²) in [5, 5.41) is 7.08. The van der Waals surface area contributed by atoms with Crippen LogP contribution in [0.5, 0.6) is 0 Å². The lowest BCUT2D eigenvalue weighted by molar-refractivity contribution is 0.159. The maximum absolute atomic E-state index is 4.42. The molecule has 4 nitrogen and oxygen atoms in total. The highest BCUT2D eigenvalue weighted by atomic mass is 15.2. The molecule has 1 aliphatic heterocycles. The average molecular weight is 345 g/mol. The topological polar surface area (TPSA) is 39.7 Å². The number of piperidine rings is 1. The Kier molecular flexibility index (Phi) is 7.76. The maximum Gasteiger partial charge on any atom is 0.191 e. The van der Waals surface area contributed by atoms with Gasteiger partial charge in [0.25, 0.3) is 0 Å². The molecule has 0 radical (unpaired) electrons. The molecule has 1 fully saturated rings. The molecule has 1 aliphatic rings. The molecule has 2 rings (SSSR count). The van der Waals surface area contributed by atoms with Gasteiger partial charge in [-0.15, -0.1) is 0 Å². The molecule has 0 spiro atoms. The molecule has 2 N–H and O–H groups in total. The fourth-order valence-electron chi connectivity index (χ4n) is 3.79. The highest BCUT2D eigenvalue weighted by molar-refractivity contribution is 5.80. The van der Waals surface area contributed by atoms with Crippen LogP contribution in [0.15, 0.2) is 29.3 Å². The third-order valence-electron chi connectivity index (χ3n) is 5.02. The molecule has 1 aromatic rings. The summed E-state index contributed by atoms with van der Waals surface area (Å²) in [7, 11) is 1.85. The van der Waals surface area contributed by atoms with E-state index in [0.29, 0.717) is 5.92 Å². The van der Waals surface area contributed by atoms with E-state index in [1.165, 1.54) is 43.6 Å². The van der Waals surface area contributed by atoms with Gasteiger partial charge in [0.05, 0.1) is 6.04 Å². The van der Waals surface area contributed by atoms with E-state index >= 15 is 0 Å². The highest BCUT2D eigenvalue weighted by Gasteiger charge is 2.20. The van der Waals surface area contributed by atoms with E-state index in [0.717, 1.165) is 18.4 Å². The van der Waals surface area contributed by atoms with E-state index in [9.17, 15) is 0 Å². The molecule has 140 valence electrons. The Labute approximate surface area is 154 Å². The summed E-state index contributed by atoms with van der Waals surface area (Å²) >= 11 is 0. The van der Waals surface area contributed by atoms with Gasteiger partial charge in [0.2, 0.25) is 0 Å². The molecule has 0 amide bonds. The van der Waals surface area contributed by atoms with E-state index in [-0.39, 0.29) is 6.04 Å². The fraction of sp³-hybridized carbons (Fsp3) is 0.667. The number of aryl methyl sites for hydroxylation is 1. The summed E-state index contributed by atoms with van der Waals surface area (Å²) in [6.45, 7) is 13.6. The first kappa shape index (κ1) is 19.8. The normalized spacial score (nSPS) is 20.6. The van der Waals surface area contributed by atoms with Gasteiger partial charge in [-0.05, 0) is 56.2 Å². The molecule has 1 heterocycles. The minimum Gasteiger partial charge on any atom is -0.356 e. The van der Waals surface area contributed by atoms with Gasteiger partial charge < -0.3 is 15.5 Å². The van der Waals surface area contributed by atoms with E-state index in [4.69, 9.17) is 0 Å². The van der Waals surface area contributed by atoms with Gasteiger partial charge in [-0.1, -0.05) is 38.1 Å². The van der Waals surface area contributed by atoms with Gasteiger partial charge in [0, 0.05) is 26.7 Å². The second-order valence-corrected chi connectivity index (χ2v) is 7.84. The van der Waals surface area contributed by atoms with Gasteiger partial charge >= 0.3 is 0 Å². The van der Waals surface area contributed by atoms with Crippen LogP contribution in [-0.4, -0.2) is 44.1 Å². The number of benzene rings is 1. The average Bonchev–Trinajstić information content (AvgIpc) is 2.58. The second kappa shape index (κ2) is 9.81. The Balaban J connectivity index is 1.83. The molecule has 0 aromatic heterocycles. The highest BCUT2D eigenvalue weighted by Crippen LogP contribution is 2.18. The molecule has 1 aromatic carbocycles. The van der Waals surface area contributed by atoms with Crippen LogP contribution in [0.2, 0.25) is 0 Å². The van der Waals surface area contributed by atoms with Gasteiger partial charge in [0.1, 0.15) is 0 Å². The molecule has 2 atom stereocenters. The number of hydrogen-bond acceptors (Lipinski definition) is 2. The number of aliphatic imine (C=N–C) groups is 1. The first-order valence-electron chi connectivity index (χ1n) is 9.74. The summed E-state index contributed by atoms with van der Waals surface area (Å²) in [6.07, 6.45) is 2.62. The minimum atomic E-state index is 0.246. The maximum atomic E-state index is 4.42. The van der Waals surface area contributed by atoms with Crippen LogP contribution in [0, 0.1) is 18.8 Å². The quantitative estimate of drug-likeness (QED) is 0.612. The van der Waals surface area contributed by atoms with Crippen molar-refractivity contribution in [3.05, 3.63) is 35.4 Å². The van der Waals surface area contributed by atoms with E-state index in [2.05, 4.69) is 72.5 Å². The Morgan fingerprint density at radius 2 is 2.04 bits per heavy atom. The molecule has 2 unspecified atom stereocenters. The SMILES string of the molecule is CN=C(NCC1CCCN(CC(C)C)C1)NC(C)c1ccccc1C. The van der Waals surface area contributed by atoms with Crippen molar-refractivity contribution in [1.29, 1.82) is 0 Å². The van der Waals surface area contributed by atoms with Crippen molar-refractivity contribution in [1.82, 2.24) is 15.5 Å². The zero-order chi connectivity index (χ0) is 18.2. The van der Waals surface area contributed by atoms with Crippen LogP contribution >= 0.6 is 0 Å². The summed E-state index contributed by atoms with van der Waals surface area (Å²) in [4.78, 5) is 7.03. The van der Waals surface area contributed by atoms with Crippen LogP contribution < -0.4 is 10.6 Å². The summed E-state index contributed by atoms with van der Waals surface area (Å²) in [5.74, 6) is 2.35. The van der Waals surface area contributed by atoms with Crippen molar-refractivity contribution < 1.29 is 0 Å². The molecule has 4 heteroatoms. The Morgan fingerprint density at radius 3 is 2.72 bits per heavy atom. The largest absolute Gasteiger partial charge is 0.356 e. The van der Waals surface area contributed by atoms with Crippen molar-refractivity contribution in [2.24, 2.45) is 16.8 Å². The van der Waals surface area contributed by atoms with Gasteiger partial charge in [0.15, 0.2) is 5.96 Å². The molecular formula is C21H36N4. The monoisotopic (exact) mass is 344 g/mol. The zero-order valence-corrected chi connectivity index (χ0v) is 16.7. The van der Waals surface area contributed by atoms with Crippen LogP contribution in [0.3, 0.4) is 0 Å². The number of hydrogen-bond donors (Lipinski definition) is 2.